The van der Waals surface area contributed by atoms with Crippen molar-refractivity contribution in [1.82, 2.24) is 0 Å². The number of aromatic carboxylic acids is 1. The number of carboxylic acid groups (broad SMARTS) is 1. The summed E-state index contributed by atoms with van der Waals surface area (Å²) < 4.78 is 38.2. The molecule has 0 amide bonds. The maximum absolute atomic E-state index is 12.7. The van der Waals surface area contributed by atoms with Gasteiger partial charge in [0.05, 0.1) is 17.1 Å². The lowest BCUT2D eigenvalue weighted by Crippen LogP contribution is -2.13. The molecular formula is C19H17NO7S. The molecule has 146 valence electrons. The first-order valence-corrected chi connectivity index (χ1v) is 9.77. The lowest BCUT2D eigenvalue weighted by Gasteiger charge is -2.08. The highest BCUT2D eigenvalue weighted by Crippen LogP contribution is 2.29. The second-order valence-electron chi connectivity index (χ2n) is 5.92. The highest BCUT2D eigenvalue weighted by Gasteiger charge is 2.21. The van der Waals surface area contributed by atoms with E-state index in [1.165, 1.54) is 42.5 Å². The van der Waals surface area contributed by atoms with Crippen molar-refractivity contribution in [3.05, 3.63) is 59.4 Å². The molecule has 2 aromatic carbocycles. The fraction of sp³-hybridized carbons (Fsp3) is 0.158. The number of aryl methyl sites for hydroxylation is 1. The maximum atomic E-state index is 12.7. The van der Waals surface area contributed by atoms with Gasteiger partial charge in [-0.3, -0.25) is 4.72 Å². The van der Waals surface area contributed by atoms with Crippen molar-refractivity contribution in [3.8, 4) is 0 Å². The van der Waals surface area contributed by atoms with Crippen LogP contribution in [0, 0.1) is 6.92 Å². The quantitative estimate of drug-likeness (QED) is 0.605. The van der Waals surface area contributed by atoms with Crippen molar-refractivity contribution in [3.63, 3.8) is 0 Å². The van der Waals surface area contributed by atoms with Crippen LogP contribution in [0.4, 0.5) is 5.69 Å². The first-order valence-electron chi connectivity index (χ1n) is 8.29. The molecule has 0 atom stereocenters. The smallest absolute Gasteiger partial charge is 0.374 e. The highest BCUT2D eigenvalue weighted by molar-refractivity contribution is 7.92. The van der Waals surface area contributed by atoms with Gasteiger partial charge in [0.25, 0.3) is 10.0 Å². The lowest BCUT2D eigenvalue weighted by molar-refractivity contribution is 0.0491. The first kappa shape index (κ1) is 19.4. The summed E-state index contributed by atoms with van der Waals surface area (Å²) in [6.45, 7) is 3.52. The summed E-state index contributed by atoms with van der Waals surface area (Å²) in [6, 6.07) is 9.56. The Morgan fingerprint density at radius 1 is 1.14 bits per heavy atom. The van der Waals surface area contributed by atoms with E-state index in [-0.39, 0.29) is 28.5 Å². The minimum Gasteiger partial charge on any atom is -0.478 e. The van der Waals surface area contributed by atoms with Gasteiger partial charge in [-0.2, -0.15) is 0 Å². The van der Waals surface area contributed by atoms with Crippen molar-refractivity contribution in [2.24, 2.45) is 0 Å². The fourth-order valence-corrected chi connectivity index (χ4v) is 3.74. The lowest BCUT2D eigenvalue weighted by atomic mass is 10.1. The third-order valence-electron chi connectivity index (χ3n) is 4.06. The minimum atomic E-state index is -3.93. The number of carboxylic acids is 1. The Labute approximate surface area is 160 Å². The third kappa shape index (κ3) is 3.70. The standard InChI is InChI=1S/C19H17NO7S/c1-3-26-19(23)17-11(2)15-10-14(8-9-16(15)27-17)28(24,25)20-13-6-4-12(5-7-13)18(21)22/h4-10,20H,3H2,1-2H3,(H,21,22). The Kier molecular flexibility index (Phi) is 5.10. The predicted octanol–water partition coefficient (Wildman–Crippen LogP) is 3.42. The minimum absolute atomic E-state index is 0.0263. The van der Waals surface area contributed by atoms with Gasteiger partial charge >= 0.3 is 11.9 Å². The predicted molar refractivity (Wildman–Crippen MR) is 101 cm³/mol. The molecule has 0 saturated carbocycles. The average Bonchev–Trinajstić information content (AvgIpc) is 2.98. The molecule has 1 heterocycles. The van der Waals surface area contributed by atoms with Crippen molar-refractivity contribution >= 4 is 38.6 Å². The van der Waals surface area contributed by atoms with Gasteiger partial charge in [0, 0.05) is 16.6 Å². The number of esters is 1. The molecule has 0 spiro atoms. The number of benzene rings is 2. The second kappa shape index (κ2) is 7.35. The molecule has 1 aromatic heterocycles. The van der Waals surface area contributed by atoms with Gasteiger partial charge in [0.2, 0.25) is 5.76 Å². The van der Waals surface area contributed by atoms with Crippen LogP contribution in [-0.2, 0) is 14.8 Å². The summed E-state index contributed by atoms with van der Waals surface area (Å²) in [4.78, 5) is 22.8. The zero-order chi connectivity index (χ0) is 20.5. The van der Waals surface area contributed by atoms with E-state index in [4.69, 9.17) is 14.3 Å². The summed E-state index contributed by atoms with van der Waals surface area (Å²) >= 11 is 0. The topological polar surface area (TPSA) is 123 Å². The van der Waals surface area contributed by atoms with Gasteiger partial charge in [0.15, 0.2) is 0 Å². The number of furan rings is 1. The van der Waals surface area contributed by atoms with Crippen LogP contribution in [0.1, 0.15) is 33.4 Å². The van der Waals surface area contributed by atoms with E-state index in [2.05, 4.69) is 4.72 Å². The molecular weight excluding hydrogens is 386 g/mol. The maximum Gasteiger partial charge on any atom is 0.374 e. The van der Waals surface area contributed by atoms with Gasteiger partial charge < -0.3 is 14.3 Å². The number of carbonyl (C=O) groups is 2. The van der Waals surface area contributed by atoms with Crippen LogP contribution >= 0.6 is 0 Å². The molecule has 28 heavy (non-hydrogen) atoms. The molecule has 9 heteroatoms. The molecule has 0 radical (unpaired) electrons. The van der Waals surface area contributed by atoms with E-state index >= 15 is 0 Å². The largest absolute Gasteiger partial charge is 0.478 e. The summed E-state index contributed by atoms with van der Waals surface area (Å²) in [5, 5.41) is 9.39. The summed E-state index contributed by atoms with van der Waals surface area (Å²) in [7, 11) is -3.93. The number of rotatable bonds is 6. The number of fused-ring (bicyclic) bond motifs is 1. The van der Waals surface area contributed by atoms with E-state index in [9.17, 15) is 18.0 Å². The van der Waals surface area contributed by atoms with Crippen LogP contribution in [0.2, 0.25) is 0 Å². The molecule has 0 unspecified atom stereocenters. The van der Waals surface area contributed by atoms with Crippen LogP contribution in [0.5, 0.6) is 0 Å². The molecule has 0 saturated heterocycles. The number of hydrogen-bond acceptors (Lipinski definition) is 6. The van der Waals surface area contributed by atoms with Gasteiger partial charge in [0.1, 0.15) is 5.58 Å². The van der Waals surface area contributed by atoms with Crippen molar-refractivity contribution in [1.29, 1.82) is 0 Å². The SMILES string of the molecule is CCOC(=O)c1oc2ccc(S(=O)(=O)Nc3ccc(C(=O)O)cc3)cc2c1C. The molecule has 0 aliphatic carbocycles. The van der Waals surface area contributed by atoms with Crippen LogP contribution in [-0.4, -0.2) is 32.1 Å². The van der Waals surface area contributed by atoms with E-state index in [0.717, 1.165) is 0 Å². The number of anilines is 1. The normalized spacial score (nSPS) is 11.4. The Balaban J connectivity index is 1.94. The Bertz CT molecular complexity index is 1160. The fourth-order valence-electron chi connectivity index (χ4n) is 2.65. The van der Waals surface area contributed by atoms with Crippen LogP contribution < -0.4 is 4.72 Å². The Hall–Kier alpha value is -3.33. The van der Waals surface area contributed by atoms with Crippen LogP contribution in [0.3, 0.4) is 0 Å². The van der Waals surface area contributed by atoms with E-state index in [1.807, 2.05) is 0 Å². The van der Waals surface area contributed by atoms with Gasteiger partial charge in [-0.1, -0.05) is 0 Å². The molecule has 0 aliphatic heterocycles. The summed E-state index contributed by atoms with van der Waals surface area (Å²) in [5.74, 6) is -1.69. The van der Waals surface area contributed by atoms with Gasteiger partial charge in [-0.05, 0) is 56.3 Å². The molecule has 0 bridgehead atoms. The zero-order valence-corrected chi connectivity index (χ0v) is 15.9. The molecule has 2 N–H and O–H groups in total. The summed E-state index contributed by atoms with van der Waals surface area (Å²) in [6.07, 6.45) is 0. The first-order chi connectivity index (χ1) is 13.2. The number of ether oxygens (including phenoxy) is 1. The van der Waals surface area contributed by atoms with E-state index in [1.54, 1.807) is 13.8 Å². The van der Waals surface area contributed by atoms with Crippen molar-refractivity contribution in [2.45, 2.75) is 18.7 Å². The van der Waals surface area contributed by atoms with Gasteiger partial charge in [-0.25, -0.2) is 18.0 Å². The number of hydrogen-bond donors (Lipinski definition) is 2. The average molecular weight is 403 g/mol. The number of sulfonamides is 1. The van der Waals surface area contributed by atoms with Gasteiger partial charge in [-0.15, -0.1) is 0 Å². The van der Waals surface area contributed by atoms with E-state index < -0.39 is 22.0 Å². The zero-order valence-electron chi connectivity index (χ0n) is 15.1. The molecule has 0 fully saturated rings. The Morgan fingerprint density at radius 3 is 2.43 bits per heavy atom. The van der Waals surface area contributed by atoms with E-state index in [0.29, 0.717) is 16.5 Å². The highest BCUT2D eigenvalue weighted by atomic mass is 32.2. The van der Waals surface area contributed by atoms with Crippen LogP contribution in [0.25, 0.3) is 11.0 Å². The number of carbonyl (C=O) groups excluding carboxylic acids is 1. The molecule has 0 aliphatic rings. The molecule has 8 nitrogen and oxygen atoms in total. The summed E-state index contributed by atoms with van der Waals surface area (Å²) in [5.41, 5.74) is 1.12. The molecule has 3 aromatic rings. The monoisotopic (exact) mass is 403 g/mol. The second-order valence-corrected chi connectivity index (χ2v) is 7.61. The van der Waals surface area contributed by atoms with Crippen LogP contribution in [0.15, 0.2) is 51.8 Å². The third-order valence-corrected chi connectivity index (χ3v) is 5.44. The van der Waals surface area contributed by atoms with Crippen molar-refractivity contribution in [2.75, 3.05) is 11.3 Å². The number of nitrogens with one attached hydrogen (secondary N) is 1. The Morgan fingerprint density at radius 2 is 1.82 bits per heavy atom. The van der Waals surface area contributed by atoms with Crippen molar-refractivity contribution < 1.29 is 32.3 Å². The molecule has 3 rings (SSSR count).